The molecule has 5 heteroatoms. The summed E-state index contributed by atoms with van der Waals surface area (Å²) < 4.78 is 0. The number of hydrogen-bond acceptors (Lipinski definition) is 4. The van der Waals surface area contributed by atoms with E-state index in [1.165, 1.54) is 0 Å². The minimum Gasteiger partial charge on any atom is -0.481 e. The van der Waals surface area contributed by atoms with Gasteiger partial charge in [0.15, 0.2) is 0 Å². The smallest absolute Gasteiger partial charge is 0.303 e. The van der Waals surface area contributed by atoms with E-state index in [0.29, 0.717) is 6.42 Å². The third kappa shape index (κ3) is 9.50. The predicted molar refractivity (Wildman–Crippen MR) is 106 cm³/mol. The van der Waals surface area contributed by atoms with Gasteiger partial charge in [0.25, 0.3) is 0 Å². The Kier molecular flexibility index (Phi) is 11.3. The van der Waals surface area contributed by atoms with Gasteiger partial charge in [0, 0.05) is 18.8 Å². The number of aliphatic carboxylic acids is 1. The van der Waals surface area contributed by atoms with Gasteiger partial charge in [0.2, 0.25) is 0 Å². The Balaban J connectivity index is 2.40. The van der Waals surface area contributed by atoms with Gasteiger partial charge >= 0.3 is 5.97 Å². The third-order valence-electron chi connectivity index (χ3n) is 4.63. The molecule has 27 heavy (non-hydrogen) atoms. The summed E-state index contributed by atoms with van der Waals surface area (Å²) in [6.45, 7) is 2.10. The van der Waals surface area contributed by atoms with E-state index in [4.69, 9.17) is 5.11 Å². The van der Waals surface area contributed by atoms with Crippen LogP contribution in [-0.2, 0) is 9.59 Å². The van der Waals surface area contributed by atoms with Crippen molar-refractivity contribution in [2.75, 3.05) is 0 Å². The summed E-state index contributed by atoms with van der Waals surface area (Å²) >= 11 is 0. The van der Waals surface area contributed by atoms with Crippen LogP contribution in [-0.4, -0.2) is 39.3 Å². The van der Waals surface area contributed by atoms with E-state index < -0.39 is 24.1 Å². The Morgan fingerprint density at radius 1 is 1.15 bits per heavy atom. The summed E-state index contributed by atoms with van der Waals surface area (Å²) in [6, 6.07) is 0. The lowest BCUT2D eigenvalue weighted by atomic mass is 9.89. The van der Waals surface area contributed by atoms with Crippen LogP contribution in [0.3, 0.4) is 0 Å². The summed E-state index contributed by atoms with van der Waals surface area (Å²) in [7, 11) is 0. The van der Waals surface area contributed by atoms with Crippen LogP contribution in [0.5, 0.6) is 0 Å². The van der Waals surface area contributed by atoms with Crippen LogP contribution in [0.2, 0.25) is 0 Å². The lowest BCUT2D eigenvalue weighted by Crippen LogP contribution is -2.20. The Labute approximate surface area is 161 Å². The van der Waals surface area contributed by atoms with Crippen molar-refractivity contribution in [2.45, 2.75) is 64.1 Å². The van der Waals surface area contributed by atoms with Crippen molar-refractivity contribution in [2.24, 2.45) is 11.8 Å². The van der Waals surface area contributed by atoms with Gasteiger partial charge in [0.1, 0.15) is 5.78 Å². The lowest BCUT2D eigenvalue weighted by molar-refractivity contribution is -0.137. The van der Waals surface area contributed by atoms with Crippen molar-refractivity contribution in [3.05, 3.63) is 48.6 Å². The quantitative estimate of drug-likeness (QED) is 0.453. The fourth-order valence-corrected chi connectivity index (χ4v) is 3.15. The highest BCUT2D eigenvalue weighted by molar-refractivity contribution is 5.86. The predicted octanol–water partition coefficient (Wildman–Crippen LogP) is 3.58. The molecule has 0 spiro atoms. The first-order chi connectivity index (χ1) is 13.0. The second-order valence-electron chi connectivity index (χ2n) is 6.84. The number of aliphatic hydroxyl groups is 2. The molecule has 1 aliphatic rings. The number of ketones is 1. The van der Waals surface area contributed by atoms with E-state index in [0.717, 1.165) is 19.3 Å². The van der Waals surface area contributed by atoms with Crippen LogP contribution < -0.4 is 0 Å². The van der Waals surface area contributed by atoms with Crippen LogP contribution >= 0.6 is 0 Å². The summed E-state index contributed by atoms with van der Waals surface area (Å²) in [4.78, 5) is 22.7. The van der Waals surface area contributed by atoms with E-state index in [1.807, 2.05) is 12.2 Å². The van der Waals surface area contributed by atoms with Crippen molar-refractivity contribution in [1.29, 1.82) is 0 Å². The van der Waals surface area contributed by atoms with Gasteiger partial charge in [-0.25, -0.2) is 0 Å². The fourth-order valence-electron chi connectivity index (χ4n) is 3.15. The average Bonchev–Trinajstić information content (AvgIpc) is 2.89. The summed E-state index contributed by atoms with van der Waals surface area (Å²) in [6.07, 6.45) is 17.5. The number of Topliss-reactive ketones (excluding diaryl/α,β-unsaturated/α-hetero) is 1. The maximum absolute atomic E-state index is 12.0. The standard InChI is InChI=1S/C22H32O5/c1-2-3-4-5-6-7-8-9-10-11-17(23)12-13-18-19(14-15-22(26)27)21(25)16-20(18)24/h3-4,6-7,9-10,12-13,17-19,21,23,25H,2,5,8,11,14-16H2,1H3,(H,26,27)/b4-3-,7-6+,10-9-,13-12+/t17-,18-,19+,21+/m0/s1. The molecule has 0 aromatic rings. The molecule has 150 valence electrons. The SMILES string of the molecule is CC/C=C\C/C=C/C/C=C\C[C@H](O)/C=C/[C@@H]1C(=O)C[C@@H](O)[C@@H]1CCC(=O)O. The topological polar surface area (TPSA) is 94.8 Å². The molecule has 0 amide bonds. The molecule has 0 aromatic carbocycles. The molecule has 1 saturated carbocycles. The molecular formula is C22H32O5. The van der Waals surface area contributed by atoms with Crippen molar-refractivity contribution in [1.82, 2.24) is 0 Å². The van der Waals surface area contributed by atoms with Gasteiger partial charge in [-0.2, -0.15) is 0 Å². The molecule has 0 heterocycles. The number of carbonyl (C=O) groups is 2. The summed E-state index contributed by atoms with van der Waals surface area (Å²) in [5.74, 6) is -1.94. The minimum absolute atomic E-state index is 0.0507. The molecule has 5 nitrogen and oxygen atoms in total. The first kappa shape index (κ1) is 23.1. The maximum atomic E-state index is 12.0. The molecule has 0 aliphatic heterocycles. The normalized spacial score (nSPS) is 24.9. The minimum atomic E-state index is -0.940. The molecule has 1 aliphatic carbocycles. The van der Waals surface area contributed by atoms with Gasteiger partial charge < -0.3 is 15.3 Å². The number of aliphatic hydroxyl groups excluding tert-OH is 2. The molecule has 0 radical (unpaired) electrons. The largest absolute Gasteiger partial charge is 0.481 e. The maximum Gasteiger partial charge on any atom is 0.303 e. The molecule has 4 atom stereocenters. The Bertz CT molecular complexity index is 573. The fraction of sp³-hybridized carbons (Fsp3) is 0.545. The third-order valence-corrected chi connectivity index (χ3v) is 4.63. The zero-order valence-electron chi connectivity index (χ0n) is 16.0. The highest BCUT2D eigenvalue weighted by Gasteiger charge is 2.39. The number of rotatable bonds is 12. The van der Waals surface area contributed by atoms with Crippen LogP contribution in [0.15, 0.2) is 48.6 Å². The highest BCUT2D eigenvalue weighted by atomic mass is 16.4. The van der Waals surface area contributed by atoms with Crippen LogP contribution in [0.25, 0.3) is 0 Å². The first-order valence-corrected chi connectivity index (χ1v) is 9.69. The number of hydrogen-bond donors (Lipinski definition) is 3. The summed E-state index contributed by atoms with van der Waals surface area (Å²) in [5.41, 5.74) is 0. The van der Waals surface area contributed by atoms with E-state index in [9.17, 15) is 19.8 Å². The van der Waals surface area contributed by atoms with Gasteiger partial charge in [-0.3, -0.25) is 9.59 Å². The highest BCUT2D eigenvalue weighted by Crippen LogP contribution is 2.34. The molecule has 0 saturated heterocycles. The van der Waals surface area contributed by atoms with Gasteiger partial charge in [-0.15, -0.1) is 0 Å². The van der Waals surface area contributed by atoms with E-state index >= 15 is 0 Å². The molecular weight excluding hydrogens is 344 g/mol. The molecule has 0 unspecified atom stereocenters. The molecule has 1 rings (SSSR count). The second kappa shape index (κ2) is 13.2. The number of carbonyl (C=O) groups excluding carboxylic acids is 1. The van der Waals surface area contributed by atoms with E-state index in [-0.39, 0.29) is 31.0 Å². The van der Waals surface area contributed by atoms with Crippen LogP contribution in [0.4, 0.5) is 0 Å². The molecule has 0 bridgehead atoms. The zero-order chi connectivity index (χ0) is 20.1. The monoisotopic (exact) mass is 376 g/mol. The van der Waals surface area contributed by atoms with Crippen molar-refractivity contribution < 1.29 is 24.9 Å². The number of carboxylic acid groups (broad SMARTS) is 1. The zero-order valence-corrected chi connectivity index (χ0v) is 16.0. The second-order valence-corrected chi connectivity index (χ2v) is 6.84. The first-order valence-electron chi connectivity index (χ1n) is 9.69. The van der Waals surface area contributed by atoms with Gasteiger partial charge in [0.05, 0.1) is 12.2 Å². The molecule has 1 fully saturated rings. The van der Waals surface area contributed by atoms with Crippen molar-refractivity contribution in [3.8, 4) is 0 Å². The number of carboxylic acids is 1. The van der Waals surface area contributed by atoms with Gasteiger partial charge in [-0.1, -0.05) is 55.5 Å². The lowest BCUT2D eigenvalue weighted by Gasteiger charge is -2.17. The van der Waals surface area contributed by atoms with E-state index in [1.54, 1.807) is 12.2 Å². The molecule has 3 N–H and O–H groups in total. The van der Waals surface area contributed by atoms with Crippen molar-refractivity contribution in [3.63, 3.8) is 0 Å². The Morgan fingerprint density at radius 2 is 1.78 bits per heavy atom. The average molecular weight is 376 g/mol. The van der Waals surface area contributed by atoms with Crippen LogP contribution in [0, 0.1) is 11.8 Å². The Morgan fingerprint density at radius 3 is 2.41 bits per heavy atom. The van der Waals surface area contributed by atoms with Crippen molar-refractivity contribution >= 4 is 11.8 Å². The molecule has 0 aromatic heterocycles. The van der Waals surface area contributed by atoms with E-state index in [2.05, 4.69) is 31.2 Å². The Hall–Kier alpha value is -1.98. The number of allylic oxidation sites excluding steroid dienone is 6. The van der Waals surface area contributed by atoms with Gasteiger partial charge in [-0.05, 0) is 38.0 Å². The summed E-state index contributed by atoms with van der Waals surface area (Å²) in [5, 5.41) is 28.8. The van der Waals surface area contributed by atoms with Crippen LogP contribution in [0.1, 0.15) is 51.9 Å².